The van der Waals surface area contributed by atoms with E-state index in [1.807, 2.05) is 40.7 Å². The Kier molecular flexibility index (Phi) is 3.42. The van der Waals surface area contributed by atoms with Crippen molar-refractivity contribution in [2.75, 3.05) is 0 Å². The number of allylic oxidation sites excluding steroid dienone is 1. The van der Waals surface area contributed by atoms with E-state index in [-0.39, 0.29) is 23.8 Å². The van der Waals surface area contributed by atoms with Crippen LogP contribution >= 0.6 is 0 Å². The van der Waals surface area contributed by atoms with Gasteiger partial charge in [-0.25, -0.2) is 4.79 Å². The summed E-state index contributed by atoms with van der Waals surface area (Å²) in [6.45, 7) is 9.69. The Morgan fingerprint density at radius 2 is 1.81 bits per heavy atom. The Hall–Kier alpha value is -1.62. The number of hydrogen-bond acceptors (Lipinski definition) is 5. The quantitative estimate of drug-likeness (QED) is 0.672. The SMILES string of the molecule is C[C@@H]1CC2=C(C[C@H]3[C@](C)(CC[C@@]4(O)C(C)(C)C=CC(=O)[C@]34C)O2)C(=O)O1. The lowest BCUT2D eigenvalue weighted by atomic mass is 9.43. The van der Waals surface area contributed by atoms with Crippen LogP contribution in [0.5, 0.6) is 0 Å². The van der Waals surface area contributed by atoms with E-state index in [1.54, 1.807) is 6.08 Å². The van der Waals surface area contributed by atoms with Gasteiger partial charge in [-0.2, -0.15) is 0 Å². The van der Waals surface area contributed by atoms with Crippen molar-refractivity contribution in [3.8, 4) is 0 Å². The van der Waals surface area contributed by atoms with E-state index in [4.69, 9.17) is 9.47 Å². The van der Waals surface area contributed by atoms with Crippen LogP contribution in [0, 0.1) is 16.7 Å². The molecule has 5 heteroatoms. The molecule has 5 atom stereocenters. The number of esters is 1. The summed E-state index contributed by atoms with van der Waals surface area (Å²) < 4.78 is 11.8. The second-order valence-corrected chi connectivity index (χ2v) is 9.48. The number of fused-ring (bicyclic) bond motifs is 3. The van der Waals surface area contributed by atoms with Gasteiger partial charge in [0.1, 0.15) is 17.5 Å². The van der Waals surface area contributed by atoms with Gasteiger partial charge in [0.25, 0.3) is 0 Å². The molecule has 0 spiro atoms. The highest BCUT2D eigenvalue weighted by Crippen LogP contribution is 2.64. The first-order valence-electron chi connectivity index (χ1n) is 9.53. The average molecular weight is 360 g/mol. The van der Waals surface area contributed by atoms with Crippen molar-refractivity contribution >= 4 is 11.8 Å². The number of hydrogen-bond donors (Lipinski definition) is 1. The fraction of sp³-hybridized carbons (Fsp3) is 0.714. The van der Waals surface area contributed by atoms with Gasteiger partial charge >= 0.3 is 5.97 Å². The normalized spacial score (nSPS) is 46.7. The van der Waals surface area contributed by atoms with Gasteiger partial charge in [-0.3, -0.25) is 4.79 Å². The standard InChI is InChI=1S/C21H28O5/c1-12-10-14-13(17(23)25-12)11-15-19(4,26-14)8-9-21(24)18(2,3)7-6-16(22)20(15,21)5/h6-7,12,15,24H,8-11H2,1-5H3/t12-,15+,19+,20+,21-/m1/s1. The molecule has 4 rings (SSSR count). The summed E-state index contributed by atoms with van der Waals surface area (Å²) in [6, 6.07) is 0. The molecule has 2 aliphatic heterocycles. The first-order chi connectivity index (χ1) is 11.9. The van der Waals surface area contributed by atoms with Crippen LogP contribution in [0.4, 0.5) is 0 Å². The van der Waals surface area contributed by atoms with Crippen molar-refractivity contribution < 1.29 is 24.2 Å². The maximum absolute atomic E-state index is 13.1. The zero-order chi connectivity index (χ0) is 19.1. The van der Waals surface area contributed by atoms with E-state index < -0.39 is 22.0 Å². The molecule has 1 N–H and O–H groups in total. The molecule has 0 aromatic heterocycles. The Labute approximate surface area is 154 Å². The smallest absolute Gasteiger partial charge is 0.337 e. The van der Waals surface area contributed by atoms with Gasteiger partial charge in [-0.1, -0.05) is 19.9 Å². The molecule has 4 aliphatic rings. The van der Waals surface area contributed by atoms with Gasteiger partial charge in [0.05, 0.1) is 16.6 Å². The van der Waals surface area contributed by atoms with Crippen LogP contribution in [-0.4, -0.2) is 34.2 Å². The molecule has 2 aliphatic carbocycles. The molecule has 26 heavy (non-hydrogen) atoms. The highest BCUT2D eigenvalue weighted by atomic mass is 16.6. The van der Waals surface area contributed by atoms with Crippen LogP contribution in [-0.2, 0) is 19.1 Å². The second-order valence-electron chi connectivity index (χ2n) is 9.48. The lowest BCUT2D eigenvalue weighted by Crippen LogP contribution is -2.71. The summed E-state index contributed by atoms with van der Waals surface area (Å²) in [6.07, 6.45) is 5.35. The molecular weight excluding hydrogens is 332 g/mol. The minimum atomic E-state index is -1.18. The number of carbonyl (C=O) groups is 2. The molecule has 0 saturated heterocycles. The molecule has 1 fully saturated rings. The Morgan fingerprint density at radius 3 is 2.50 bits per heavy atom. The molecule has 0 aromatic carbocycles. The van der Waals surface area contributed by atoms with Crippen molar-refractivity contribution in [3.63, 3.8) is 0 Å². The fourth-order valence-corrected chi connectivity index (χ4v) is 5.85. The van der Waals surface area contributed by atoms with E-state index in [9.17, 15) is 14.7 Å². The molecule has 0 aromatic rings. The summed E-state index contributed by atoms with van der Waals surface area (Å²) in [5.74, 6) is -0.0122. The van der Waals surface area contributed by atoms with Gasteiger partial charge in [-0.15, -0.1) is 0 Å². The van der Waals surface area contributed by atoms with Crippen molar-refractivity contribution in [1.29, 1.82) is 0 Å². The number of rotatable bonds is 0. The van der Waals surface area contributed by atoms with Gasteiger partial charge in [-0.05, 0) is 46.1 Å². The number of cyclic esters (lactones) is 1. The number of ketones is 1. The predicted molar refractivity (Wildman–Crippen MR) is 95.0 cm³/mol. The summed E-state index contributed by atoms with van der Waals surface area (Å²) in [4.78, 5) is 25.5. The first-order valence-corrected chi connectivity index (χ1v) is 9.53. The predicted octanol–water partition coefficient (Wildman–Crippen LogP) is 3.07. The highest BCUT2D eigenvalue weighted by molar-refractivity contribution is 5.98. The third kappa shape index (κ3) is 1.95. The first kappa shape index (κ1) is 17.8. The third-order valence-electron chi connectivity index (χ3n) is 7.63. The van der Waals surface area contributed by atoms with Gasteiger partial charge < -0.3 is 14.6 Å². The van der Waals surface area contributed by atoms with Crippen LogP contribution in [0.25, 0.3) is 0 Å². The molecule has 142 valence electrons. The van der Waals surface area contributed by atoms with Crippen molar-refractivity contribution in [2.45, 2.75) is 77.6 Å². The van der Waals surface area contributed by atoms with Crippen LogP contribution in [0.2, 0.25) is 0 Å². The lowest BCUT2D eigenvalue weighted by Gasteiger charge is -2.64. The molecule has 2 heterocycles. The third-order valence-corrected chi connectivity index (χ3v) is 7.63. The minimum Gasteiger partial charge on any atom is -0.491 e. The Bertz CT molecular complexity index is 762. The largest absolute Gasteiger partial charge is 0.491 e. The fourth-order valence-electron chi connectivity index (χ4n) is 5.85. The van der Waals surface area contributed by atoms with E-state index >= 15 is 0 Å². The maximum atomic E-state index is 13.1. The van der Waals surface area contributed by atoms with Crippen LogP contribution < -0.4 is 0 Å². The van der Waals surface area contributed by atoms with E-state index in [1.165, 1.54) is 0 Å². The number of ether oxygens (including phenoxy) is 2. The molecule has 0 bridgehead atoms. The zero-order valence-electron chi connectivity index (χ0n) is 16.2. The van der Waals surface area contributed by atoms with Gasteiger partial charge in [0.15, 0.2) is 5.78 Å². The van der Waals surface area contributed by atoms with Crippen LogP contribution in [0.3, 0.4) is 0 Å². The van der Waals surface area contributed by atoms with E-state index in [0.717, 1.165) is 0 Å². The van der Waals surface area contributed by atoms with Crippen molar-refractivity contribution in [2.24, 2.45) is 16.7 Å². The monoisotopic (exact) mass is 360 g/mol. The van der Waals surface area contributed by atoms with Crippen molar-refractivity contribution in [1.82, 2.24) is 0 Å². The number of aliphatic hydroxyl groups is 1. The van der Waals surface area contributed by atoms with E-state index in [0.29, 0.717) is 37.0 Å². The van der Waals surface area contributed by atoms with E-state index in [2.05, 4.69) is 0 Å². The molecule has 5 nitrogen and oxygen atoms in total. The summed E-state index contributed by atoms with van der Waals surface area (Å²) in [7, 11) is 0. The highest BCUT2D eigenvalue weighted by Gasteiger charge is 2.70. The van der Waals surface area contributed by atoms with Gasteiger partial charge in [0, 0.05) is 17.8 Å². The molecular formula is C21H28O5. The zero-order valence-corrected chi connectivity index (χ0v) is 16.2. The summed E-state index contributed by atoms with van der Waals surface area (Å²) in [5, 5.41) is 11.7. The topological polar surface area (TPSA) is 72.8 Å². The maximum Gasteiger partial charge on any atom is 0.337 e. The van der Waals surface area contributed by atoms with Crippen LogP contribution in [0.1, 0.15) is 60.3 Å². The van der Waals surface area contributed by atoms with Gasteiger partial charge in [0.2, 0.25) is 0 Å². The lowest BCUT2D eigenvalue weighted by molar-refractivity contribution is -0.243. The molecule has 1 saturated carbocycles. The molecule has 0 amide bonds. The average Bonchev–Trinajstić information content (AvgIpc) is 2.54. The minimum absolute atomic E-state index is 0.0829. The van der Waals surface area contributed by atoms with Crippen molar-refractivity contribution in [3.05, 3.63) is 23.5 Å². The Balaban J connectivity index is 1.85. The summed E-state index contributed by atoms with van der Waals surface area (Å²) >= 11 is 0. The summed E-state index contributed by atoms with van der Waals surface area (Å²) in [5.41, 5.74) is -2.76. The Morgan fingerprint density at radius 1 is 1.12 bits per heavy atom. The second kappa shape index (κ2) is 5.00. The number of carbonyl (C=O) groups excluding carboxylic acids is 2. The molecule has 0 unspecified atom stereocenters. The molecule has 0 radical (unpaired) electrons. The van der Waals surface area contributed by atoms with Crippen LogP contribution in [0.15, 0.2) is 23.5 Å².